The Balaban J connectivity index is 2.92. The van der Waals surface area contributed by atoms with Crippen molar-refractivity contribution in [1.82, 2.24) is 0 Å². The molecule has 0 aromatic heterocycles. The quantitative estimate of drug-likeness (QED) is 0.174. The second kappa shape index (κ2) is 11.9. The first kappa shape index (κ1) is 12.9. The SMILES string of the molecule is C#CCCCCCCCCCN=[N+]=[N-]. The van der Waals surface area contributed by atoms with Crippen LogP contribution in [0.4, 0.5) is 0 Å². The molecule has 0 aliphatic heterocycles. The van der Waals surface area contributed by atoms with E-state index in [0.29, 0.717) is 6.54 Å². The highest BCUT2D eigenvalue weighted by molar-refractivity contribution is 4.82. The summed E-state index contributed by atoms with van der Waals surface area (Å²) in [5, 5.41) is 3.49. The monoisotopic (exact) mass is 193 g/mol. The molecule has 0 aliphatic rings. The lowest BCUT2D eigenvalue weighted by Gasteiger charge is -1.98. The molecule has 0 aromatic rings. The van der Waals surface area contributed by atoms with Crippen molar-refractivity contribution in [3.05, 3.63) is 10.4 Å². The van der Waals surface area contributed by atoms with Crippen LogP contribution in [-0.4, -0.2) is 6.54 Å². The number of azide groups is 1. The van der Waals surface area contributed by atoms with Gasteiger partial charge >= 0.3 is 0 Å². The molecule has 0 rings (SSSR count). The van der Waals surface area contributed by atoms with Gasteiger partial charge in [-0.2, -0.15) is 0 Å². The summed E-state index contributed by atoms with van der Waals surface area (Å²) in [6.07, 6.45) is 14.5. The van der Waals surface area contributed by atoms with Gasteiger partial charge in [-0.05, 0) is 18.4 Å². The minimum atomic E-state index is 0.646. The van der Waals surface area contributed by atoms with E-state index in [4.69, 9.17) is 12.0 Å². The molecule has 0 N–H and O–H groups in total. The van der Waals surface area contributed by atoms with E-state index in [1.807, 2.05) is 0 Å². The van der Waals surface area contributed by atoms with Crippen LogP contribution in [0, 0.1) is 12.3 Å². The van der Waals surface area contributed by atoms with Crippen LogP contribution in [0.25, 0.3) is 10.4 Å². The Bertz CT molecular complexity index is 199. The van der Waals surface area contributed by atoms with Gasteiger partial charge < -0.3 is 0 Å². The van der Waals surface area contributed by atoms with Crippen molar-refractivity contribution in [1.29, 1.82) is 0 Å². The number of nitrogens with zero attached hydrogens (tertiary/aromatic N) is 3. The van der Waals surface area contributed by atoms with Gasteiger partial charge in [-0.3, -0.25) is 0 Å². The summed E-state index contributed by atoms with van der Waals surface area (Å²) in [4.78, 5) is 2.71. The van der Waals surface area contributed by atoms with Crippen molar-refractivity contribution in [3.8, 4) is 12.3 Å². The van der Waals surface area contributed by atoms with Crippen LogP contribution in [0.15, 0.2) is 5.11 Å². The molecular formula is C11H19N3. The van der Waals surface area contributed by atoms with E-state index < -0.39 is 0 Å². The van der Waals surface area contributed by atoms with E-state index in [-0.39, 0.29) is 0 Å². The summed E-state index contributed by atoms with van der Waals surface area (Å²) in [5.41, 5.74) is 8.03. The standard InChI is InChI=1S/C11H19N3/c1-2-3-4-5-6-7-8-9-10-11-13-14-12/h1H,3-11H2. The maximum Gasteiger partial charge on any atom is 0.0257 e. The third-order valence-corrected chi connectivity index (χ3v) is 2.14. The van der Waals surface area contributed by atoms with Crippen molar-refractivity contribution >= 4 is 0 Å². The smallest absolute Gasteiger partial charge is 0.0257 e. The van der Waals surface area contributed by atoms with Crippen LogP contribution >= 0.6 is 0 Å². The van der Waals surface area contributed by atoms with Gasteiger partial charge in [0.25, 0.3) is 0 Å². The first-order chi connectivity index (χ1) is 6.91. The molecule has 3 heteroatoms. The molecule has 0 amide bonds. The fraction of sp³-hybridized carbons (Fsp3) is 0.818. The highest BCUT2D eigenvalue weighted by Gasteiger charge is 1.90. The number of hydrogen-bond donors (Lipinski definition) is 0. The van der Waals surface area contributed by atoms with Crippen LogP contribution in [0.5, 0.6) is 0 Å². The van der Waals surface area contributed by atoms with Gasteiger partial charge in [0.15, 0.2) is 0 Å². The number of terminal acetylenes is 1. The molecule has 0 saturated heterocycles. The molecule has 0 fully saturated rings. The van der Waals surface area contributed by atoms with Gasteiger partial charge in [0.05, 0.1) is 0 Å². The first-order valence-electron chi connectivity index (χ1n) is 5.36. The third-order valence-electron chi connectivity index (χ3n) is 2.14. The zero-order valence-electron chi connectivity index (χ0n) is 8.78. The Morgan fingerprint density at radius 3 is 2.14 bits per heavy atom. The molecule has 0 atom stereocenters. The highest BCUT2D eigenvalue weighted by atomic mass is 15.1. The van der Waals surface area contributed by atoms with Crippen LogP contribution in [0.3, 0.4) is 0 Å². The Kier molecular flexibility index (Phi) is 10.9. The van der Waals surface area contributed by atoms with Crippen molar-refractivity contribution < 1.29 is 0 Å². The lowest BCUT2D eigenvalue weighted by atomic mass is 10.1. The van der Waals surface area contributed by atoms with E-state index in [1.54, 1.807) is 0 Å². The second-order valence-electron chi connectivity index (χ2n) is 3.38. The van der Waals surface area contributed by atoms with E-state index in [2.05, 4.69) is 15.9 Å². The Hall–Kier alpha value is -1.13. The molecule has 78 valence electrons. The van der Waals surface area contributed by atoms with Gasteiger partial charge in [-0.25, -0.2) is 0 Å². The average molecular weight is 193 g/mol. The number of unbranched alkanes of at least 4 members (excludes halogenated alkanes) is 7. The second-order valence-corrected chi connectivity index (χ2v) is 3.38. The molecule has 0 bridgehead atoms. The van der Waals surface area contributed by atoms with Crippen LogP contribution in [0.2, 0.25) is 0 Å². The number of rotatable bonds is 9. The predicted molar refractivity (Wildman–Crippen MR) is 59.8 cm³/mol. The predicted octanol–water partition coefficient (Wildman–Crippen LogP) is 4.05. The topological polar surface area (TPSA) is 48.8 Å². The van der Waals surface area contributed by atoms with Gasteiger partial charge in [-0.15, -0.1) is 12.3 Å². The molecule has 0 saturated carbocycles. The molecule has 0 radical (unpaired) electrons. The van der Waals surface area contributed by atoms with Crippen LogP contribution in [-0.2, 0) is 0 Å². The molecule has 0 spiro atoms. The van der Waals surface area contributed by atoms with Crippen molar-refractivity contribution in [2.45, 2.75) is 51.4 Å². The van der Waals surface area contributed by atoms with Gasteiger partial charge in [0.1, 0.15) is 0 Å². The molecule has 0 unspecified atom stereocenters. The fourth-order valence-electron chi connectivity index (χ4n) is 1.34. The summed E-state index contributed by atoms with van der Waals surface area (Å²) < 4.78 is 0. The minimum absolute atomic E-state index is 0.646. The zero-order valence-corrected chi connectivity index (χ0v) is 8.78. The summed E-state index contributed by atoms with van der Waals surface area (Å²) in [7, 11) is 0. The third kappa shape index (κ3) is 10.9. The highest BCUT2D eigenvalue weighted by Crippen LogP contribution is 2.08. The maximum absolute atomic E-state index is 8.03. The number of hydrogen-bond acceptors (Lipinski definition) is 1. The first-order valence-corrected chi connectivity index (χ1v) is 5.36. The maximum atomic E-state index is 8.03. The van der Waals surface area contributed by atoms with Crippen molar-refractivity contribution in [2.24, 2.45) is 5.11 Å². The van der Waals surface area contributed by atoms with Crippen LogP contribution < -0.4 is 0 Å². The summed E-state index contributed by atoms with van der Waals surface area (Å²) in [6, 6.07) is 0. The lowest BCUT2D eigenvalue weighted by molar-refractivity contribution is 0.585. The van der Waals surface area contributed by atoms with E-state index in [1.165, 1.54) is 32.1 Å². The fourth-order valence-corrected chi connectivity index (χ4v) is 1.34. The van der Waals surface area contributed by atoms with Crippen LogP contribution in [0.1, 0.15) is 51.4 Å². The molecule has 14 heavy (non-hydrogen) atoms. The van der Waals surface area contributed by atoms with Gasteiger partial charge in [-0.1, -0.05) is 37.2 Å². The normalized spacial score (nSPS) is 9.07. The molecule has 0 aromatic carbocycles. The summed E-state index contributed by atoms with van der Waals surface area (Å²) in [6.45, 7) is 0.646. The molecule has 0 aliphatic carbocycles. The summed E-state index contributed by atoms with van der Waals surface area (Å²) in [5.74, 6) is 2.65. The average Bonchev–Trinajstić information content (AvgIpc) is 2.21. The lowest BCUT2D eigenvalue weighted by Crippen LogP contribution is -1.82. The summed E-state index contributed by atoms with van der Waals surface area (Å²) >= 11 is 0. The minimum Gasteiger partial charge on any atom is -0.120 e. The zero-order chi connectivity index (χ0) is 10.5. The Morgan fingerprint density at radius 2 is 1.57 bits per heavy atom. The van der Waals surface area contributed by atoms with Crippen molar-refractivity contribution in [3.63, 3.8) is 0 Å². The van der Waals surface area contributed by atoms with E-state index in [0.717, 1.165) is 19.3 Å². The van der Waals surface area contributed by atoms with Crippen molar-refractivity contribution in [2.75, 3.05) is 6.54 Å². The van der Waals surface area contributed by atoms with E-state index >= 15 is 0 Å². The Morgan fingerprint density at radius 1 is 1.00 bits per heavy atom. The molecular weight excluding hydrogens is 174 g/mol. The Labute approximate surface area is 86.5 Å². The molecule has 3 nitrogen and oxygen atoms in total. The van der Waals surface area contributed by atoms with E-state index in [9.17, 15) is 0 Å². The van der Waals surface area contributed by atoms with Gasteiger partial charge in [0, 0.05) is 17.9 Å². The largest absolute Gasteiger partial charge is 0.120 e. The van der Waals surface area contributed by atoms with Gasteiger partial charge in [0.2, 0.25) is 0 Å². The molecule has 0 heterocycles.